The summed E-state index contributed by atoms with van der Waals surface area (Å²) in [5.41, 5.74) is 2.72. The highest BCUT2D eigenvalue weighted by Gasteiger charge is 2.36. The number of benzene rings is 1. The number of nitrogens with zero attached hydrogens (tertiary/aromatic N) is 5. The van der Waals surface area contributed by atoms with Crippen molar-refractivity contribution < 1.29 is 9.13 Å². The Kier molecular flexibility index (Phi) is 6.28. The monoisotopic (exact) mass is 494 g/mol. The zero-order chi connectivity index (χ0) is 23.9. The molecule has 6 rings (SSSR count). The number of piperidine rings is 1. The number of fused-ring (bicyclic) bond motifs is 2. The normalized spacial score (nSPS) is 21.9. The lowest BCUT2D eigenvalue weighted by atomic mass is 10.0. The number of thiophene rings is 1. The van der Waals surface area contributed by atoms with Crippen molar-refractivity contribution in [3.05, 3.63) is 59.2 Å². The van der Waals surface area contributed by atoms with Gasteiger partial charge in [-0.25, -0.2) is 14.4 Å². The minimum absolute atomic E-state index is 0.138. The zero-order valence-electron chi connectivity index (χ0n) is 20.2. The average Bonchev–Trinajstić information content (AvgIpc) is 3.51. The summed E-state index contributed by atoms with van der Waals surface area (Å²) in [5.74, 6) is -0.235. The lowest BCUT2D eigenvalue weighted by Gasteiger charge is -2.46. The van der Waals surface area contributed by atoms with Crippen LogP contribution in [0.15, 0.2) is 43.0 Å². The van der Waals surface area contributed by atoms with Crippen molar-refractivity contribution in [3.63, 3.8) is 0 Å². The van der Waals surface area contributed by atoms with Gasteiger partial charge in [0.05, 0.1) is 29.1 Å². The van der Waals surface area contributed by atoms with Crippen LogP contribution in [0.4, 0.5) is 4.39 Å². The number of likely N-dealkylation sites (tertiary alicyclic amines) is 1. The van der Waals surface area contributed by atoms with E-state index < -0.39 is 0 Å². The largest absolute Gasteiger partial charge is 0.371 e. The van der Waals surface area contributed by atoms with Crippen LogP contribution in [0.3, 0.4) is 0 Å². The van der Waals surface area contributed by atoms with Crippen LogP contribution in [-0.4, -0.2) is 82.6 Å². The number of ether oxygens (including phenoxy) is 1. The van der Waals surface area contributed by atoms with Gasteiger partial charge in [-0.2, -0.15) is 0 Å². The first kappa shape index (κ1) is 23.0. The summed E-state index contributed by atoms with van der Waals surface area (Å²) in [7, 11) is 4.35. The summed E-state index contributed by atoms with van der Waals surface area (Å²) in [4.78, 5) is 20.6. The van der Waals surface area contributed by atoms with E-state index >= 15 is 0 Å². The van der Waals surface area contributed by atoms with E-state index in [0.717, 1.165) is 59.2 Å². The quantitative estimate of drug-likeness (QED) is 0.444. The molecule has 0 radical (unpaired) electrons. The van der Waals surface area contributed by atoms with Crippen LogP contribution in [0.1, 0.15) is 35.6 Å². The number of aromatic nitrogens is 3. The molecular formula is C26H31FN6OS. The lowest BCUT2D eigenvalue weighted by Crippen LogP contribution is -2.51. The number of hydrogen-bond acceptors (Lipinski definition) is 7. The summed E-state index contributed by atoms with van der Waals surface area (Å²) in [6.07, 6.45) is 7.64. The standard InChI is InChI=1S/C26H31FN6OS/c1-31(2)18-4-7-32(8-5-18)26(24-13-22-25(35-24)14-28-16-30-22)33-9-10-34-23(15-33)20-11-17(27)12-21-19(20)3-6-29-21/h3,6,11-14,16,18,23,26,29H,4-5,7-10,15H2,1-2H3. The van der Waals surface area contributed by atoms with Gasteiger partial charge in [0.1, 0.15) is 12.1 Å². The predicted molar refractivity (Wildman–Crippen MR) is 137 cm³/mol. The molecule has 2 saturated heterocycles. The van der Waals surface area contributed by atoms with Gasteiger partial charge in [-0.3, -0.25) is 9.80 Å². The molecule has 2 fully saturated rings. The smallest absolute Gasteiger partial charge is 0.125 e. The minimum Gasteiger partial charge on any atom is -0.371 e. The Hall–Kier alpha value is -2.43. The number of morpholine rings is 1. The van der Waals surface area contributed by atoms with Crippen LogP contribution in [0.25, 0.3) is 21.1 Å². The molecule has 9 heteroatoms. The molecule has 184 valence electrons. The highest BCUT2D eigenvalue weighted by Crippen LogP contribution is 2.39. The third-order valence-electron chi connectivity index (χ3n) is 7.50. The Morgan fingerprint density at radius 2 is 2.03 bits per heavy atom. The van der Waals surface area contributed by atoms with Crippen LogP contribution in [0.5, 0.6) is 0 Å². The molecule has 3 aromatic heterocycles. The molecule has 2 aliphatic heterocycles. The second-order valence-corrected chi connectivity index (χ2v) is 10.9. The third-order valence-corrected chi connectivity index (χ3v) is 8.60. The van der Waals surface area contributed by atoms with Crippen LogP contribution in [0.2, 0.25) is 0 Å². The van der Waals surface area contributed by atoms with Gasteiger partial charge in [0, 0.05) is 60.4 Å². The van der Waals surface area contributed by atoms with E-state index in [-0.39, 0.29) is 18.1 Å². The van der Waals surface area contributed by atoms with Crippen LogP contribution in [-0.2, 0) is 4.74 Å². The first-order chi connectivity index (χ1) is 17.1. The van der Waals surface area contributed by atoms with Gasteiger partial charge in [0.25, 0.3) is 0 Å². The van der Waals surface area contributed by atoms with E-state index in [2.05, 4.69) is 49.8 Å². The molecule has 1 N–H and O–H groups in total. The van der Waals surface area contributed by atoms with Crippen molar-refractivity contribution in [2.45, 2.75) is 31.2 Å². The Morgan fingerprint density at radius 3 is 2.83 bits per heavy atom. The first-order valence-electron chi connectivity index (χ1n) is 12.3. The molecule has 0 spiro atoms. The summed E-state index contributed by atoms with van der Waals surface area (Å²) in [5, 5.41) is 1.03. The molecule has 4 aromatic rings. The Balaban J connectivity index is 1.33. The lowest BCUT2D eigenvalue weighted by molar-refractivity contribution is -0.0825. The van der Waals surface area contributed by atoms with Gasteiger partial charge in [-0.15, -0.1) is 11.3 Å². The second-order valence-electron chi connectivity index (χ2n) is 9.81. The summed E-state index contributed by atoms with van der Waals surface area (Å²) in [6, 6.07) is 8.04. The fourth-order valence-corrected chi connectivity index (χ4v) is 6.83. The van der Waals surface area contributed by atoms with Gasteiger partial charge in [-0.05, 0) is 56.8 Å². The minimum atomic E-state index is -0.235. The fraction of sp³-hybridized carbons (Fsp3) is 0.462. The topological polar surface area (TPSA) is 60.5 Å². The molecule has 0 amide bonds. The van der Waals surface area contributed by atoms with Gasteiger partial charge < -0.3 is 14.6 Å². The number of hydrogen-bond donors (Lipinski definition) is 1. The summed E-state index contributed by atoms with van der Waals surface area (Å²) < 4.78 is 21.8. The molecule has 0 bridgehead atoms. The molecule has 7 nitrogen and oxygen atoms in total. The Morgan fingerprint density at radius 1 is 1.17 bits per heavy atom. The summed E-state index contributed by atoms with van der Waals surface area (Å²) >= 11 is 1.78. The highest BCUT2D eigenvalue weighted by atomic mass is 32.1. The van der Waals surface area contributed by atoms with Crippen molar-refractivity contribution in [3.8, 4) is 0 Å². The maximum Gasteiger partial charge on any atom is 0.125 e. The Bertz CT molecular complexity index is 1280. The van der Waals surface area contributed by atoms with Crippen molar-refractivity contribution in [1.29, 1.82) is 0 Å². The van der Waals surface area contributed by atoms with Crippen molar-refractivity contribution >= 4 is 32.5 Å². The molecular weight excluding hydrogens is 463 g/mol. The van der Waals surface area contributed by atoms with E-state index in [4.69, 9.17) is 4.74 Å². The maximum absolute atomic E-state index is 14.4. The van der Waals surface area contributed by atoms with Gasteiger partial charge in [-0.1, -0.05) is 0 Å². The van der Waals surface area contributed by atoms with Crippen LogP contribution >= 0.6 is 11.3 Å². The molecule has 5 heterocycles. The first-order valence-corrected chi connectivity index (χ1v) is 13.1. The molecule has 2 unspecified atom stereocenters. The number of aromatic amines is 1. The van der Waals surface area contributed by atoms with Crippen LogP contribution < -0.4 is 0 Å². The molecule has 2 aliphatic rings. The van der Waals surface area contributed by atoms with Crippen molar-refractivity contribution in [2.24, 2.45) is 0 Å². The summed E-state index contributed by atoms with van der Waals surface area (Å²) in [6.45, 7) is 4.24. The second kappa shape index (κ2) is 9.55. The number of halogens is 1. The number of nitrogens with one attached hydrogen (secondary N) is 1. The molecule has 0 saturated carbocycles. The van der Waals surface area contributed by atoms with Crippen molar-refractivity contribution in [2.75, 3.05) is 46.9 Å². The van der Waals surface area contributed by atoms with Gasteiger partial charge in [0.2, 0.25) is 0 Å². The van der Waals surface area contributed by atoms with E-state index in [0.29, 0.717) is 19.2 Å². The SMILES string of the molecule is CN(C)C1CCN(C(c2cc3ncncc3s2)N2CCOC(c3cc(F)cc4[nH]ccc34)C2)CC1. The number of rotatable bonds is 5. The van der Waals surface area contributed by atoms with Crippen LogP contribution in [0, 0.1) is 5.82 Å². The zero-order valence-corrected chi connectivity index (χ0v) is 21.0. The van der Waals surface area contributed by atoms with E-state index in [1.165, 1.54) is 4.88 Å². The van der Waals surface area contributed by atoms with Crippen molar-refractivity contribution in [1.82, 2.24) is 29.7 Å². The van der Waals surface area contributed by atoms with Gasteiger partial charge >= 0.3 is 0 Å². The molecule has 0 aliphatic carbocycles. The molecule has 2 atom stereocenters. The highest BCUT2D eigenvalue weighted by molar-refractivity contribution is 7.19. The molecule has 1 aromatic carbocycles. The number of H-pyrrole nitrogens is 1. The van der Waals surface area contributed by atoms with E-state index in [9.17, 15) is 4.39 Å². The maximum atomic E-state index is 14.4. The predicted octanol–water partition coefficient (Wildman–Crippen LogP) is 4.41. The third kappa shape index (κ3) is 4.47. The Labute approximate surface area is 208 Å². The van der Waals surface area contributed by atoms with Gasteiger partial charge in [0.15, 0.2) is 0 Å². The van der Waals surface area contributed by atoms with E-state index in [1.807, 2.05) is 18.5 Å². The average molecular weight is 495 g/mol. The van der Waals surface area contributed by atoms with E-state index in [1.54, 1.807) is 29.8 Å². The fourth-order valence-electron chi connectivity index (χ4n) is 5.67. The molecule has 35 heavy (non-hydrogen) atoms.